The summed E-state index contributed by atoms with van der Waals surface area (Å²) >= 11 is 1.41. The maximum atomic E-state index is 13.6. The van der Waals surface area contributed by atoms with Crippen molar-refractivity contribution in [2.45, 2.75) is 64.5 Å². The molecule has 6 heteroatoms. The molecule has 1 fully saturated rings. The Bertz CT molecular complexity index is 831. The van der Waals surface area contributed by atoms with Gasteiger partial charge in [0, 0.05) is 25.8 Å². The molecule has 2 amide bonds. The molecule has 1 saturated carbocycles. The predicted molar refractivity (Wildman–Crippen MR) is 125 cm³/mol. The minimum Gasteiger partial charge on any atom is -0.382 e. The van der Waals surface area contributed by atoms with Gasteiger partial charge in [0.25, 0.3) is 5.91 Å². The molecule has 1 heterocycles. The van der Waals surface area contributed by atoms with Gasteiger partial charge in [-0.25, -0.2) is 0 Å². The van der Waals surface area contributed by atoms with Gasteiger partial charge in [-0.15, -0.1) is 11.3 Å². The molecule has 3 rings (SSSR count). The van der Waals surface area contributed by atoms with Crippen molar-refractivity contribution in [2.24, 2.45) is 0 Å². The van der Waals surface area contributed by atoms with Gasteiger partial charge in [-0.2, -0.15) is 0 Å². The molecule has 1 atom stereocenters. The van der Waals surface area contributed by atoms with E-state index in [2.05, 4.69) is 5.32 Å². The Morgan fingerprint density at radius 3 is 2.61 bits per heavy atom. The summed E-state index contributed by atoms with van der Waals surface area (Å²) in [5.41, 5.74) is 1.90. The van der Waals surface area contributed by atoms with Crippen molar-refractivity contribution in [3.8, 4) is 0 Å². The smallest absolute Gasteiger partial charge is 0.264 e. The number of carbonyl (C=O) groups is 2. The van der Waals surface area contributed by atoms with Crippen LogP contribution >= 0.6 is 11.3 Å². The minimum absolute atomic E-state index is 0.0810. The van der Waals surface area contributed by atoms with Crippen molar-refractivity contribution in [3.05, 3.63) is 57.8 Å². The summed E-state index contributed by atoms with van der Waals surface area (Å²) in [7, 11) is 0. The van der Waals surface area contributed by atoms with Crippen LogP contribution in [0, 0.1) is 6.92 Å². The van der Waals surface area contributed by atoms with E-state index in [0.717, 1.165) is 36.8 Å². The fourth-order valence-corrected chi connectivity index (χ4v) is 4.92. The normalized spacial score (nSPS) is 15.4. The van der Waals surface area contributed by atoms with E-state index in [4.69, 9.17) is 4.74 Å². The van der Waals surface area contributed by atoms with E-state index in [9.17, 15) is 9.59 Å². The molecule has 168 valence electrons. The average Bonchev–Trinajstić information content (AvgIpc) is 3.32. The predicted octanol–water partition coefficient (Wildman–Crippen LogP) is 5.12. The highest BCUT2D eigenvalue weighted by atomic mass is 32.1. The Kier molecular flexibility index (Phi) is 9.10. The van der Waals surface area contributed by atoms with Gasteiger partial charge in [0.1, 0.15) is 6.04 Å². The molecule has 0 radical (unpaired) electrons. The van der Waals surface area contributed by atoms with Gasteiger partial charge >= 0.3 is 0 Å². The number of rotatable bonds is 10. The maximum Gasteiger partial charge on any atom is 0.264 e. The molecule has 1 aliphatic carbocycles. The summed E-state index contributed by atoms with van der Waals surface area (Å²) in [6.45, 7) is 5.64. The van der Waals surface area contributed by atoms with Crippen LogP contribution in [-0.4, -0.2) is 42.5 Å². The number of amides is 2. The number of carbonyl (C=O) groups excluding carboxylic acids is 2. The minimum atomic E-state index is -0.653. The van der Waals surface area contributed by atoms with E-state index < -0.39 is 6.04 Å². The van der Waals surface area contributed by atoms with Gasteiger partial charge in [0.05, 0.1) is 4.88 Å². The van der Waals surface area contributed by atoms with Crippen LogP contribution in [0.15, 0.2) is 41.8 Å². The maximum absolute atomic E-state index is 13.6. The summed E-state index contributed by atoms with van der Waals surface area (Å²) in [4.78, 5) is 29.5. The second-order valence-electron chi connectivity index (χ2n) is 8.13. The van der Waals surface area contributed by atoms with E-state index in [1.165, 1.54) is 17.8 Å². The first-order valence-electron chi connectivity index (χ1n) is 11.4. The molecule has 5 nitrogen and oxygen atoms in total. The number of benzene rings is 1. The Morgan fingerprint density at radius 1 is 1.16 bits per heavy atom. The molecule has 2 aromatic rings. The number of thiophene rings is 1. The number of ether oxygens (including phenoxy) is 1. The van der Waals surface area contributed by atoms with Gasteiger partial charge in [0.15, 0.2) is 0 Å². The first kappa shape index (κ1) is 23.5. The molecule has 0 aliphatic heterocycles. The van der Waals surface area contributed by atoms with E-state index in [1.807, 2.05) is 55.6 Å². The molecule has 0 unspecified atom stereocenters. The second-order valence-corrected chi connectivity index (χ2v) is 9.08. The van der Waals surface area contributed by atoms with Gasteiger partial charge in [-0.1, -0.05) is 49.6 Å². The molecule has 1 aromatic heterocycles. The molecular formula is C25H34N2O3S. The highest BCUT2D eigenvalue weighted by molar-refractivity contribution is 7.12. The molecule has 1 N–H and O–H groups in total. The molecule has 31 heavy (non-hydrogen) atoms. The molecule has 1 aromatic carbocycles. The van der Waals surface area contributed by atoms with Crippen molar-refractivity contribution in [1.82, 2.24) is 10.2 Å². The van der Waals surface area contributed by atoms with Gasteiger partial charge in [0.2, 0.25) is 5.91 Å². The van der Waals surface area contributed by atoms with Gasteiger partial charge in [-0.05, 0) is 55.7 Å². The summed E-state index contributed by atoms with van der Waals surface area (Å²) in [5.74, 6) is -0.180. The van der Waals surface area contributed by atoms with Crippen molar-refractivity contribution in [1.29, 1.82) is 0 Å². The Balaban J connectivity index is 1.91. The van der Waals surface area contributed by atoms with Crippen LogP contribution in [0.1, 0.15) is 72.3 Å². The Labute approximate surface area is 189 Å². The lowest BCUT2D eigenvalue weighted by Gasteiger charge is -2.34. The van der Waals surface area contributed by atoms with Crippen LogP contribution in [0.3, 0.4) is 0 Å². The third-order valence-corrected chi connectivity index (χ3v) is 6.74. The lowest BCUT2D eigenvalue weighted by atomic mass is 9.94. The van der Waals surface area contributed by atoms with E-state index in [1.54, 1.807) is 4.90 Å². The van der Waals surface area contributed by atoms with E-state index in [-0.39, 0.29) is 17.9 Å². The van der Waals surface area contributed by atoms with Gasteiger partial charge < -0.3 is 15.0 Å². The zero-order valence-corrected chi connectivity index (χ0v) is 19.5. The average molecular weight is 443 g/mol. The number of hydrogen-bond donors (Lipinski definition) is 1. The monoisotopic (exact) mass is 442 g/mol. The number of hydrogen-bond acceptors (Lipinski definition) is 4. The quantitative estimate of drug-likeness (QED) is 0.520. The largest absolute Gasteiger partial charge is 0.382 e. The SMILES string of the molecule is CCOCCCN(C(=O)c1cccs1)[C@H](C(=O)NC1CCCCC1)c1ccccc1C. The third-order valence-electron chi connectivity index (χ3n) is 5.88. The van der Waals surface area contributed by atoms with Crippen molar-refractivity contribution < 1.29 is 14.3 Å². The molecule has 0 bridgehead atoms. The second kappa shape index (κ2) is 12.0. The van der Waals surface area contributed by atoms with Crippen LogP contribution < -0.4 is 5.32 Å². The fourth-order valence-electron chi connectivity index (χ4n) is 4.24. The lowest BCUT2D eigenvalue weighted by molar-refractivity contribution is -0.127. The van der Waals surface area contributed by atoms with Crippen LogP contribution in [0.5, 0.6) is 0 Å². The van der Waals surface area contributed by atoms with Gasteiger partial charge in [-0.3, -0.25) is 9.59 Å². The molecule has 1 aliphatic rings. The fraction of sp³-hybridized carbons (Fsp3) is 0.520. The molecular weight excluding hydrogens is 408 g/mol. The van der Waals surface area contributed by atoms with Crippen molar-refractivity contribution in [2.75, 3.05) is 19.8 Å². The first-order valence-corrected chi connectivity index (χ1v) is 12.3. The van der Waals surface area contributed by atoms with Crippen molar-refractivity contribution in [3.63, 3.8) is 0 Å². The summed E-state index contributed by atoms with van der Waals surface area (Å²) < 4.78 is 5.51. The standard InChI is InChI=1S/C25H34N2O3S/c1-3-30-17-10-16-27(25(29)22-15-9-18-31-22)23(21-14-8-7-11-19(21)2)24(28)26-20-12-5-4-6-13-20/h7-9,11,14-15,18,20,23H,3-6,10,12-13,16-17H2,1-2H3,(H,26,28)/t23-/m0/s1. The highest BCUT2D eigenvalue weighted by Gasteiger charge is 2.34. The van der Waals surface area contributed by atoms with Crippen LogP contribution in [0.4, 0.5) is 0 Å². The van der Waals surface area contributed by atoms with E-state index in [0.29, 0.717) is 31.1 Å². The summed E-state index contributed by atoms with van der Waals surface area (Å²) in [6, 6.07) is 11.1. The van der Waals surface area contributed by atoms with E-state index >= 15 is 0 Å². The summed E-state index contributed by atoms with van der Waals surface area (Å²) in [5, 5.41) is 5.17. The third kappa shape index (κ3) is 6.40. The lowest BCUT2D eigenvalue weighted by Crippen LogP contribution is -2.47. The Morgan fingerprint density at radius 2 is 1.94 bits per heavy atom. The summed E-state index contributed by atoms with van der Waals surface area (Å²) in [6.07, 6.45) is 6.22. The number of aryl methyl sites for hydroxylation is 1. The molecule has 0 saturated heterocycles. The van der Waals surface area contributed by atoms with Crippen LogP contribution in [-0.2, 0) is 9.53 Å². The first-order chi connectivity index (χ1) is 15.1. The highest BCUT2D eigenvalue weighted by Crippen LogP contribution is 2.28. The van der Waals surface area contributed by atoms with Crippen molar-refractivity contribution >= 4 is 23.2 Å². The number of nitrogens with zero attached hydrogens (tertiary/aromatic N) is 1. The Hall–Kier alpha value is -2.18. The number of nitrogens with one attached hydrogen (secondary N) is 1. The van der Waals surface area contributed by atoms with Crippen LogP contribution in [0.2, 0.25) is 0 Å². The van der Waals surface area contributed by atoms with Crippen LogP contribution in [0.25, 0.3) is 0 Å². The molecule has 0 spiro atoms. The zero-order chi connectivity index (χ0) is 22.1. The zero-order valence-electron chi connectivity index (χ0n) is 18.6. The topological polar surface area (TPSA) is 58.6 Å².